The van der Waals surface area contributed by atoms with Gasteiger partial charge in [-0.05, 0) is 36.3 Å². The van der Waals surface area contributed by atoms with Crippen LogP contribution >= 0.6 is 11.6 Å². The Kier molecular flexibility index (Phi) is 6.39. The number of carbonyl (C=O) groups excluding carboxylic acids is 1. The molecule has 1 N–H and O–H groups in total. The molecule has 0 bridgehead atoms. The molecule has 118 valence electrons. The number of nitrogens with zero attached hydrogens (tertiary/aromatic N) is 1. The smallest absolute Gasteiger partial charge is 0.277 e. The maximum absolute atomic E-state index is 11.6. The number of hydrazone groups is 1. The summed E-state index contributed by atoms with van der Waals surface area (Å²) in [5.74, 6) is 0.200. The number of ether oxygens (including phenoxy) is 1. The average molecular weight is 329 g/mol. The Hall–Kier alpha value is -2.59. The molecule has 4 nitrogen and oxygen atoms in total. The third kappa shape index (κ3) is 6.36. The normalized spacial score (nSPS) is 11.5. The van der Waals surface area contributed by atoms with Crippen LogP contribution in [0.25, 0.3) is 6.08 Å². The number of hydrogen-bond donors (Lipinski definition) is 1. The Bertz CT molecular complexity index is 712. The van der Waals surface area contributed by atoms with Gasteiger partial charge in [-0.25, -0.2) is 5.43 Å². The maximum atomic E-state index is 11.6. The van der Waals surface area contributed by atoms with E-state index in [-0.39, 0.29) is 12.5 Å². The van der Waals surface area contributed by atoms with Crippen molar-refractivity contribution in [2.24, 2.45) is 5.10 Å². The number of amides is 1. The Morgan fingerprint density at radius 3 is 2.74 bits per heavy atom. The average Bonchev–Trinajstić information content (AvgIpc) is 2.54. The van der Waals surface area contributed by atoms with E-state index in [0.29, 0.717) is 10.8 Å². The van der Waals surface area contributed by atoms with Gasteiger partial charge in [-0.1, -0.05) is 54.1 Å². The minimum Gasteiger partial charge on any atom is -0.484 e. The van der Waals surface area contributed by atoms with Crippen molar-refractivity contribution in [2.45, 2.75) is 6.92 Å². The summed E-state index contributed by atoms with van der Waals surface area (Å²) in [7, 11) is 0. The van der Waals surface area contributed by atoms with E-state index in [1.807, 2.05) is 43.3 Å². The maximum Gasteiger partial charge on any atom is 0.277 e. The van der Waals surface area contributed by atoms with Gasteiger partial charge in [0.25, 0.3) is 5.91 Å². The standard InChI is InChI=1S/C18H17ClN2O2/c1-14(10-15-6-3-2-4-7-15)12-20-21-18(22)13-23-17-9-5-8-16(19)11-17/h2-12H,13H2,1H3,(H,21,22)/b14-10+,20-12-. The molecule has 23 heavy (non-hydrogen) atoms. The lowest BCUT2D eigenvalue weighted by Gasteiger charge is -2.04. The van der Waals surface area contributed by atoms with Gasteiger partial charge in [0.2, 0.25) is 0 Å². The number of nitrogens with one attached hydrogen (secondary N) is 1. The summed E-state index contributed by atoms with van der Waals surface area (Å²) in [6, 6.07) is 16.7. The summed E-state index contributed by atoms with van der Waals surface area (Å²) < 4.78 is 5.32. The number of hydrogen-bond acceptors (Lipinski definition) is 3. The second kappa shape index (κ2) is 8.76. The predicted molar refractivity (Wildman–Crippen MR) is 93.7 cm³/mol. The van der Waals surface area contributed by atoms with E-state index in [4.69, 9.17) is 16.3 Å². The van der Waals surface area contributed by atoms with Crippen molar-refractivity contribution in [3.8, 4) is 5.75 Å². The van der Waals surface area contributed by atoms with Crippen LogP contribution in [0.5, 0.6) is 5.75 Å². The van der Waals surface area contributed by atoms with Crippen LogP contribution in [0.1, 0.15) is 12.5 Å². The van der Waals surface area contributed by atoms with E-state index >= 15 is 0 Å². The lowest BCUT2D eigenvalue weighted by atomic mass is 10.1. The summed E-state index contributed by atoms with van der Waals surface area (Å²) in [4.78, 5) is 11.6. The third-order valence-electron chi connectivity index (χ3n) is 2.82. The molecular weight excluding hydrogens is 312 g/mol. The highest BCUT2D eigenvalue weighted by Crippen LogP contribution is 2.16. The van der Waals surface area contributed by atoms with Crippen LogP contribution in [0.15, 0.2) is 65.3 Å². The molecule has 0 saturated heterocycles. The molecule has 5 heteroatoms. The van der Waals surface area contributed by atoms with Crippen LogP contribution in [0, 0.1) is 0 Å². The fourth-order valence-corrected chi connectivity index (χ4v) is 1.97. The number of halogens is 1. The molecule has 0 atom stereocenters. The summed E-state index contributed by atoms with van der Waals surface area (Å²) in [5, 5.41) is 4.46. The zero-order chi connectivity index (χ0) is 16.5. The first-order valence-electron chi connectivity index (χ1n) is 7.07. The Balaban J connectivity index is 1.78. The first-order valence-corrected chi connectivity index (χ1v) is 7.45. The number of benzene rings is 2. The van der Waals surface area contributed by atoms with E-state index in [0.717, 1.165) is 11.1 Å². The van der Waals surface area contributed by atoms with Crippen molar-refractivity contribution < 1.29 is 9.53 Å². The molecule has 0 heterocycles. The third-order valence-corrected chi connectivity index (χ3v) is 3.05. The van der Waals surface area contributed by atoms with Crippen molar-refractivity contribution in [3.63, 3.8) is 0 Å². The summed E-state index contributed by atoms with van der Waals surface area (Å²) >= 11 is 5.83. The highest BCUT2D eigenvalue weighted by Gasteiger charge is 2.01. The minimum absolute atomic E-state index is 0.126. The van der Waals surface area contributed by atoms with E-state index in [2.05, 4.69) is 10.5 Å². The zero-order valence-electron chi connectivity index (χ0n) is 12.7. The Labute approximate surface area is 140 Å². The second-order valence-corrected chi connectivity index (χ2v) is 5.27. The molecule has 2 aromatic carbocycles. The van der Waals surface area contributed by atoms with Crippen LogP contribution in [-0.4, -0.2) is 18.7 Å². The largest absolute Gasteiger partial charge is 0.484 e. The first kappa shape index (κ1) is 16.8. The van der Waals surface area contributed by atoms with Gasteiger partial charge in [0, 0.05) is 5.02 Å². The molecule has 0 radical (unpaired) electrons. The quantitative estimate of drug-likeness (QED) is 0.645. The fraction of sp³-hybridized carbons (Fsp3) is 0.111. The summed E-state index contributed by atoms with van der Waals surface area (Å²) in [6.07, 6.45) is 3.56. The highest BCUT2D eigenvalue weighted by atomic mass is 35.5. The first-order chi connectivity index (χ1) is 11.1. The molecule has 0 aromatic heterocycles. The molecular formula is C18H17ClN2O2. The fourth-order valence-electron chi connectivity index (χ4n) is 1.79. The number of carbonyl (C=O) groups is 1. The SMILES string of the molecule is CC(/C=N\NC(=O)COc1cccc(Cl)c1)=C\c1ccccc1. The van der Waals surface area contributed by atoms with Gasteiger partial charge in [0.1, 0.15) is 5.75 Å². The van der Waals surface area contributed by atoms with Crippen LogP contribution in [0.2, 0.25) is 5.02 Å². The van der Waals surface area contributed by atoms with Gasteiger partial charge in [-0.3, -0.25) is 4.79 Å². The Morgan fingerprint density at radius 1 is 1.22 bits per heavy atom. The molecule has 0 aliphatic carbocycles. The predicted octanol–water partition coefficient (Wildman–Crippen LogP) is 3.92. The van der Waals surface area contributed by atoms with E-state index in [1.54, 1.807) is 30.5 Å². The van der Waals surface area contributed by atoms with E-state index < -0.39 is 0 Å². The van der Waals surface area contributed by atoms with Crippen LogP contribution in [0.4, 0.5) is 0 Å². The monoisotopic (exact) mass is 328 g/mol. The molecule has 0 spiro atoms. The van der Waals surface area contributed by atoms with Crippen molar-refractivity contribution in [1.82, 2.24) is 5.43 Å². The molecule has 0 saturated carbocycles. The van der Waals surface area contributed by atoms with Crippen molar-refractivity contribution >= 4 is 29.8 Å². The van der Waals surface area contributed by atoms with Gasteiger partial charge in [0.15, 0.2) is 6.61 Å². The van der Waals surface area contributed by atoms with Crippen molar-refractivity contribution in [2.75, 3.05) is 6.61 Å². The molecule has 0 aliphatic rings. The van der Waals surface area contributed by atoms with Gasteiger partial charge in [0.05, 0.1) is 6.21 Å². The van der Waals surface area contributed by atoms with Gasteiger partial charge < -0.3 is 4.74 Å². The van der Waals surface area contributed by atoms with Gasteiger partial charge in [-0.2, -0.15) is 5.10 Å². The molecule has 1 amide bonds. The highest BCUT2D eigenvalue weighted by molar-refractivity contribution is 6.30. The topological polar surface area (TPSA) is 50.7 Å². The van der Waals surface area contributed by atoms with Crippen LogP contribution in [0.3, 0.4) is 0 Å². The zero-order valence-corrected chi connectivity index (χ0v) is 13.5. The van der Waals surface area contributed by atoms with Crippen molar-refractivity contribution in [3.05, 3.63) is 70.8 Å². The minimum atomic E-state index is -0.339. The second-order valence-electron chi connectivity index (χ2n) is 4.84. The molecule has 0 unspecified atom stereocenters. The van der Waals surface area contributed by atoms with E-state index in [9.17, 15) is 4.79 Å². The summed E-state index contributed by atoms with van der Waals surface area (Å²) in [6.45, 7) is 1.78. The van der Waals surface area contributed by atoms with E-state index in [1.165, 1.54) is 0 Å². The Morgan fingerprint density at radius 2 is 2.00 bits per heavy atom. The van der Waals surface area contributed by atoms with Crippen LogP contribution < -0.4 is 10.2 Å². The molecule has 0 fully saturated rings. The van der Waals surface area contributed by atoms with Gasteiger partial charge >= 0.3 is 0 Å². The molecule has 0 aliphatic heterocycles. The number of allylic oxidation sites excluding steroid dienone is 1. The lowest BCUT2D eigenvalue weighted by Crippen LogP contribution is -2.24. The molecule has 2 rings (SSSR count). The molecule has 2 aromatic rings. The lowest BCUT2D eigenvalue weighted by molar-refractivity contribution is -0.123. The number of rotatable bonds is 6. The summed E-state index contributed by atoms with van der Waals surface area (Å²) in [5.41, 5.74) is 4.42. The van der Waals surface area contributed by atoms with Gasteiger partial charge in [-0.15, -0.1) is 0 Å². The van der Waals surface area contributed by atoms with Crippen LogP contribution in [-0.2, 0) is 4.79 Å². The van der Waals surface area contributed by atoms with Crippen molar-refractivity contribution in [1.29, 1.82) is 0 Å².